The molecular weight excluding hydrogens is 182 g/mol. The van der Waals surface area contributed by atoms with E-state index in [1.54, 1.807) is 12.1 Å². The van der Waals surface area contributed by atoms with Gasteiger partial charge in [-0.05, 0) is 12.8 Å². The Balaban J connectivity index is 2.60. The number of nitro groups is 1. The molecule has 2 rings (SSSR count). The lowest BCUT2D eigenvalue weighted by Crippen LogP contribution is -2.12. The molecule has 0 heterocycles. The van der Waals surface area contributed by atoms with Crippen molar-refractivity contribution in [2.45, 2.75) is 19.3 Å². The van der Waals surface area contributed by atoms with E-state index in [4.69, 9.17) is 0 Å². The van der Waals surface area contributed by atoms with Crippen LogP contribution in [0.15, 0.2) is 18.2 Å². The molecule has 1 aliphatic carbocycles. The highest BCUT2D eigenvalue weighted by molar-refractivity contribution is 5.99. The summed E-state index contributed by atoms with van der Waals surface area (Å²) in [5.74, 6) is 0.0231. The molecular formula is C10H9NO3. The standard InChI is InChI=1S/C10H9NO3/c12-10-6-2-3-7-8(10)4-1-5-9(7)11(13)14/h1,4-5H,2-3,6H2. The predicted molar refractivity (Wildman–Crippen MR) is 50.4 cm³/mol. The molecule has 0 unspecified atom stereocenters. The molecule has 0 saturated carbocycles. The number of hydrogen-bond donors (Lipinski definition) is 0. The molecule has 0 N–H and O–H groups in total. The SMILES string of the molecule is O=C1CCCc2c1cccc2[N+](=O)[O-]. The van der Waals surface area contributed by atoms with Crippen LogP contribution in [0.3, 0.4) is 0 Å². The van der Waals surface area contributed by atoms with Crippen molar-refractivity contribution in [1.29, 1.82) is 0 Å². The van der Waals surface area contributed by atoms with Gasteiger partial charge in [0.25, 0.3) is 5.69 Å². The molecule has 0 amide bonds. The maximum atomic E-state index is 11.4. The molecule has 0 aromatic heterocycles. The average molecular weight is 191 g/mol. The molecule has 14 heavy (non-hydrogen) atoms. The van der Waals surface area contributed by atoms with E-state index in [1.807, 2.05) is 0 Å². The molecule has 0 atom stereocenters. The van der Waals surface area contributed by atoms with Gasteiger partial charge in [-0.1, -0.05) is 12.1 Å². The summed E-state index contributed by atoms with van der Waals surface area (Å²) in [4.78, 5) is 21.7. The Morgan fingerprint density at radius 1 is 1.29 bits per heavy atom. The fraction of sp³-hybridized carbons (Fsp3) is 0.300. The highest BCUT2D eigenvalue weighted by Gasteiger charge is 2.24. The Kier molecular flexibility index (Phi) is 2.04. The number of nitrogens with zero attached hydrogens (tertiary/aromatic N) is 1. The van der Waals surface area contributed by atoms with Crippen LogP contribution in [0.1, 0.15) is 28.8 Å². The molecule has 0 saturated heterocycles. The van der Waals surface area contributed by atoms with Gasteiger partial charge < -0.3 is 0 Å². The van der Waals surface area contributed by atoms with Crippen LogP contribution < -0.4 is 0 Å². The number of nitro benzene ring substituents is 1. The third kappa shape index (κ3) is 1.28. The van der Waals surface area contributed by atoms with E-state index < -0.39 is 4.92 Å². The number of carbonyl (C=O) groups excluding carboxylic acids is 1. The normalized spacial score (nSPS) is 15.0. The zero-order valence-electron chi connectivity index (χ0n) is 7.53. The van der Waals surface area contributed by atoms with E-state index in [0.717, 1.165) is 6.42 Å². The van der Waals surface area contributed by atoms with Gasteiger partial charge >= 0.3 is 0 Å². The van der Waals surface area contributed by atoms with Crippen LogP contribution >= 0.6 is 0 Å². The van der Waals surface area contributed by atoms with Gasteiger partial charge in [-0.25, -0.2) is 0 Å². The molecule has 0 aliphatic heterocycles. The molecule has 4 heteroatoms. The summed E-state index contributed by atoms with van der Waals surface area (Å²) in [7, 11) is 0. The summed E-state index contributed by atoms with van der Waals surface area (Å²) in [6.07, 6.45) is 1.86. The van der Waals surface area contributed by atoms with E-state index in [9.17, 15) is 14.9 Å². The molecule has 1 aromatic carbocycles. The van der Waals surface area contributed by atoms with Crippen molar-refractivity contribution >= 4 is 11.5 Å². The fourth-order valence-electron chi connectivity index (χ4n) is 1.83. The van der Waals surface area contributed by atoms with Crippen molar-refractivity contribution in [1.82, 2.24) is 0 Å². The summed E-state index contributed by atoms with van der Waals surface area (Å²) >= 11 is 0. The van der Waals surface area contributed by atoms with E-state index in [2.05, 4.69) is 0 Å². The molecule has 1 aliphatic rings. The van der Waals surface area contributed by atoms with Gasteiger partial charge in [0.05, 0.1) is 4.92 Å². The molecule has 4 nitrogen and oxygen atoms in total. The Morgan fingerprint density at radius 2 is 2.07 bits per heavy atom. The van der Waals surface area contributed by atoms with Crippen molar-refractivity contribution < 1.29 is 9.72 Å². The summed E-state index contributed by atoms with van der Waals surface area (Å²) in [5, 5.41) is 10.7. The Labute approximate surface area is 80.7 Å². The van der Waals surface area contributed by atoms with E-state index in [0.29, 0.717) is 24.0 Å². The first-order valence-electron chi connectivity index (χ1n) is 4.49. The minimum Gasteiger partial charge on any atom is -0.294 e. The van der Waals surface area contributed by atoms with E-state index >= 15 is 0 Å². The van der Waals surface area contributed by atoms with Gasteiger partial charge in [-0.2, -0.15) is 0 Å². The third-order valence-electron chi connectivity index (χ3n) is 2.48. The summed E-state index contributed by atoms with van der Waals surface area (Å²) < 4.78 is 0. The molecule has 0 fully saturated rings. The molecule has 1 aromatic rings. The zero-order chi connectivity index (χ0) is 10.1. The fourth-order valence-corrected chi connectivity index (χ4v) is 1.83. The number of benzene rings is 1. The van der Waals surface area contributed by atoms with Gasteiger partial charge in [-0.3, -0.25) is 14.9 Å². The van der Waals surface area contributed by atoms with Crippen molar-refractivity contribution in [2.24, 2.45) is 0 Å². The minimum atomic E-state index is -0.419. The first kappa shape index (κ1) is 8.87. The van der Waals surface area contributed by atoms with Crippen molar-refractivity contribution in [2.75, 3.05) is 0 Å². The van der Waals surface area contributed by atoms with Crippen LogP contribution in [0, 0.1) is 10.1 Å². The first-order chi connectivity index (χ1) is 6.70. The van der Waals surface area contributed by atoms with Crippen molar-refractivity contribution in [3.63, 3.8) is 0 Å². The third-order valence-corrected chi connectivity index (χ3v) is 2.48. The van der Waals surface area contributed by atoms with Crippen LogP contribution in [0.4, 0.5) is 5.69 Å². The maximum Gasteiger partial charge on any atom is 0.273 e. The van der Waals surface area contributed by atoms with Gasteiger partial charge in [0.15, 0.2) is 5.78 Å². The Hall–Kier alpha value is -1.71. The lowest BCUT2D eigenvalue weighted by molar-refractivity contribution is -0.385. The topological polar surface area (TPSA) is 60.2 Å². The quantitative estimate of drug-likeness (QED) is 0.504. The molecule has 0 bridgehead atoms. The number of Topliss-reactive ketones (excluding diaryl/α,β-unsaturated/α-hetero) is 1. The second-order valence-corrected chi connectivity index (χ2v) is 3.34. The number of ketones is 1. The highest BCUT2D eigenvalue weighted by atomic mass is 16.6. The smallest absolute Gasteiger partial charge is 0.273 e. The van der Waals surface area contributed by atoms with E-state index in [1.165, 1.54) is 6.07 Å². The second kappa shape index (κ2) is 3.21. The number of hydrogen-bond acceptors (Lipinski definition) is 3. The molecule has 0 spiro atoms. The van der Waals surface area contributed by atoms with Crippen LogP contribution in [0.2, 0.25) is 0 Å². The van der Waals surface area contributed by atoms with Crippen molar-refractivity contribution in [3.8, 4) is 0 Å². The van der Waals surface area contributed by atoms with Crippen LogP contribution in [-0.2, 0) is 6.42 Å². The number of fused-ring (bicyclic) bond motifs is 1. The Morgan fingerprint density at radius 3 is 2.79 bits per heavy atom. The second-order valence-electron chi connectivity index (χ2n) is 3.34. The summed E-state index contributed by atoms with van der Waals surface area (Å²) in [6.45, 7) is 0. The van der Waals surface area contributed by atoms with Gasteiger partial charge in [0, 0.05) is 23.6 Å². The predicted octanol–water partition coefficient (Wildman–Crippen LogP) is 2.11. The summed E-state index contributed by atoms with van der Waals surface area (Å²) in [6, 6.07) is 4.70. The van der Waals surface area contributed by atoms with Gasteiger partial charge in [0.2, 0.25) is 0 Å². The summed E-state index contributed by atoms with van der Waals surface area (Å²) in [5.41, 5.74) is 1.22. The average Bonchev–Trinajstić information content (AvgIpc) is 2.17. The Bertz CT molecular complexity index is 398. The van der Waals surface area contributed by atoms with Crippen LogP contribution in [0.25, 0.3) is 0 Å². The first-order valence-corrected chi connectivity index (χ1v) is 4.49. The lowest BCUT2D eigenvalue weighted by atomic mass is 9.89. The highest BCUT2D eigenvalue weighted by Crippen LogP contribution is 2.28. The number of carbonyl (C=O) groups is 1. The van der Waals surface area contributed by atoms with E-state index in [-0.39, 0.29) is 11.5 Å². The van der Waals surface area contributed by atoms with Crippen LogP contribution in [0.5, 0.6) is 0 Å². The van der Waals surface area contributed by atoms with Crippen LogP contribution in [-0.4, -0.2) is 10.7 Å². The monoisotopic (exact) mass is 191 g/mol. The van der Waals surface area contributed by atoms with Gasteiger partial charge in [-0.15, -0.1) is 0 Å². The largest absolute Gasteiger partial charge is 0.294 e. The maximum absolute atomic E-state index is 11.4. The molecule has 72 valence electrons. The number of rotatable bonds is 1. The van der Waals surface area contributed by atoms with Crippen molar-refractivity contribution in [3.05, 3.63) is 39.4 Å². The lowest BCUT2D eigenvalue weighted by Gasteiger charge is -2.13. The van der Waals surface area contributed by atoms with Gasteiger partial charge in [0.1, 0.15) is 0 Å². The zero-order valence-corrected chi connectivity index (χ0v) is 7.53. The minimum absolute atomic E-state index is 0.0231. The molecule has 0 radical (unpaired) electrons.